The average Bonchev–Trinajstić information content (AvgIpc) is 3.71. The largest absolute Gasteiger partial charge is 0.340 e. The number of aromatic nitrogens is 6. The van der Waals surface area contributed by atoms with E-state index in [4.69, 9.17) is 0 Å². The number of pyridine rings is 4. The second-order valence-corrected chi connectivity index (χ2v) is 12.3. The van der Waals surface area contributed by atoms with E-state index in [1.807, 2.05) is 12.1 Å². The lowest BCUT2D eigenvalue weighted by Crippen LogP contribution is -2.21. The van der Waals surface area contributed by atoms with E-state index in [0.29, 0.717) is 33.9 Å². The third-order valence-corrected chi connectivity index (χ3v) is 8.43. The predicted octanol–water partition coefficient (Wildman–Crippen LogP) is 10.4. The monoisotopic (exact) mass is 810 g/mol. The Bertz CT molecular complexity index is 2520. The molecule has 0 atom stereocenters. The first kappa shape index (κ1) is 38.0. The van der Waals surface area contributed by atoms with Gasteiger partial charge < -0.3 is 19.8 Å². The SMILES string of the molecule is FCCBr.FCCN(c1ccc(F)c(F)c1)c1ccc2c3cnccc3n(CCF)c2n1.Fc1ccc(Nc2ccc3c(n2)[nH]c2ccncc23)cc1F. The van der Waals surface area contributed by atoms with Crippen molar-refractivity contribution in [3.63, 3.8) is 0 Å². The zero-order valence-electron chi connectivity index (χ0n) is 28.2. The Kier molecular flexibility index (Phi) is 12.2. The molecule has 2 aromatic carbocycles. The highest BCUT2D eigenvalue weighted by Gasteiger charge is 2.18. The van der Waals surface area contributed by atoms with Crippen molar-refractivity contribution in [3.8, 4) is 0 Å². The van der Waals surface area contributed by atoms with Gasteiger partial charge in [0.2, 0.25) is 0 Å². The maximum atomic E-state index is 13.7. The highest BCUT2D eigenvalue weighted by Crippen LogP contribution is 2.32. The number of fused-ring (bicyclic) bond motifs is 6. The molecule has 0 unspecified atom stereocenters. The van der Waals surface area contributed by atoms with Crippen molar-refractivity contribution in [2.45, 2.75) is 6.54 Å². The van der Waals surface area contributed by atoms with Crippen molar-refractivity contribution >= 4 is 82.8 Å². The Labute approximate surface area is 311 Å². The van der Waals surface area contributed by atoms with Gasteiger partial charge in [0, 0.05) is 75.2 Å². The zero-order valence-corrected chi connectivity index (χ0v) is 29.8. The summed E-state index contributed by atoms with van der Waals surface area (Å²) < 4.78 is 91.9. The van der Waals surface area contributed by atoms with Gasteiger partial charge in [0.05, 0.1) is 30.8 Å². The number of aromatic amines is 1. The van der Waals surface area contributed by atoms with Crippen LogP contribution in [0, 0.1) is 23.3 Å². The van der Waals surface area contributed by atoms with E-state index in [-0.39, 0.29) is 25.5 Å². The van der Waals surface area contributed by atoms with Gasteiger partial charge in [-0.05, 0) is 60.7 Å². The molecule has 8 aromatic rings. The topological polar surface area (TPSA) is 87.5 Å². The molecule has 0 aliphatic rings. The van der Waals surface area contributed by atoms with Gasteiger partial charge >= 0.3 is 0 Å². The zero-order chi connectivity index (χ0) is 38.2. The lowest BCUT2D eigenvalue weighted by molar-refractivity contribution is 0.454. The maximum Gasteiger partial charge on any atom is 0.160 e. The smallest absolute Gasteiger partial charge is 0.160 e. The van der Waals surface area contributed by atoms with E-state index in [1.54, 1.807) is 53.6 Å². The summed E-state index contributed by atoms with van der Waals surface area (Å²) in [6.07, 6.45) is 6.78. The molecule has 0 aliphatic carbocycles. The van der Waals surface area contributed by atoms with E-state index in [1.165, 1.54) is 17.0 Å². The van der Waals surface area contributed by atoms with Gasteiger partial charge in [-0.15, -0.1) is 0 Å². The van der Waals surface area contributed by atoms with Crippen LogP contribution in [-0.2, 0) is 6.54 Å². The van der Waals surface area contributed by atoms with Gasteiger partial charge in [0.1, 0.15) is 36.3 Å². The van der Waals surface area contributed by atoms with Crippen LogP contribution in [-0.4, -0.2) is 61.4 Å². The summed E-state index contributed by atoms with van der Waals surface area (Å²) in [5.41, 5.74) is 3.67. The minimum absolute atomic E-state index is 0.0888. The fraction of sp³-hybridized carbons (Fsp3) is 0.158. The fourth-order valence-electron chi connectivity index (χ4n) is 5.78. The molecule has 16 heteroatoms. The summed E-state index contributed by atoms with van der Waals surface area (Å²) in [6.45, 7) is -1.54. The van der Waals surface area contributed by atoms with Crippen molar-refractivity contribution in [3.05, 3.63) is 121 Å². The number of nitrogens with zero attached hydrogens (tertiary/aromatic N) is 6. The molecule has 2 N–H and O–H groups in total. The number of benzene rings is 2. The van der Waals surface area contributed by atoms with Gasteiger partial charge in [-0.1, -0.05) is 15.9 Å². The standard InChI is InChI=1S/C20H16F4N4.C16H10F2N4.C2H4BrF/c21-6-9-27(13-1-3-16(23)17(24)11-13)19-4-2-14-15-12-25-8-5-18(15)28(10-7-22)20(14)26-19;17-12-3-1-9(7-13(12)18)20-15-4-2-10-11-8-19-6-5-14(11)21-16(10)22-15;3-1-2-4/h1-5,8,11-12H,6-7,9-10H2;1-8H,(H2,20,21,22);1-2H2. The second-order valence-electron chi connectivity index (χ2n) is 11.5. The number of rotatable bonds is 9. The van der Waals surface area contributed by atoms with Crippen molar-refractivity contribution in [2.75, 3.05) is 42.1 Å². The number of aryl methyl sites for hydroxylation is 1. The number of nitrogens with one attached hydrogen (secondary N) is 2. The molecule has 6 aromatic heterocycles. The van der Waals surface area contributed by atoms with Crippen LogP contribution in [0.2, 0.25) is 0 Å². The van der Waals surface area contributed by atoms with Gasteiger partial charge in [0.15, 0.2) is 23.3 Å². The molecule has 6 heterocycles. The van der Waals surface area contributed by atoms with Crippen molar-refractivity contribution in [1.82, 2.24) is 29.5 Å². The summed E-state index contributed by atoms with van der Waals surface area (Å²) in [4.78, 5) is 21.9. The van der Waals surface area contributed by atoms with Crippen LogP contribution in [0.5, 0.6) is 0 Å². The van der Waals surface area contributed by atoms with Crippen LogP contribution in [0.15, 0.2) is 97.6 Å². The molecule has 0 saturated carbocycles. The summed E-state index contributed by atoms with van der Waals surface area (Å²) in [6, 6.07) is 17.8. The molecule has 0 amide bonds. The summed E-state index contributed by atoms with van der Waals surface area (Å²) in [5, 5.41) is 6.98. The van der Waals surface area contributed by atoms with E-state index in [9.17, 15) is 30.7 Å². The van der Waals surface area contributed by atoms with Gasteiger partial charge in [0.25, 0.3) is 0 Å². The van der Waals surface area contributed by atoms with Crippen molar-refractivity contribution in [2.24, 2.45) is 0 Å². The minimum Gasteiger partial charge on any atom is -0.340 e. The number of hydrogen-bond donors (Lipinski definition) is 2. The Hall–Kier alpha value is -5.77. The van der Waals surface area contributed by atoms with Crippen LogP contribution in [0.1, 0.15) is 0 Å². The second kappa shape index (κ2) is 17.4. The number of anilines is 4. The molecule has 8 rings (SSSR count). The number of H-pyrrole nitrogens is 1. The average molecular weight is 812 g/mol. The van der Waals surface area contributed by atoms with E-state index in [0.717, 1.165) is 56.8 Å². The van der Waals surface area contributed by atoms with Crippen molar-refractivity contribution < 1.29 is 30.7 Å². The van der Waals surface area contributed by atoms with Gasteiger partial charge in [-0.2, -0.15) is 0 Å². The molecule has 0 bridgehead atoms. The van der Waals surface area contributed by atoms with Gasteiger partial charge in [-0.3, -0.25) is 14.4 Å². The van der Waals surface area contributed by atoms with Crippen LogP contribution in [0.3, 0.4) is 0 Å². The third kappa shape index (κ3) is 8.23. The summed E-state index contributed by atoms with van der Waals surface area (Å²) >= 11 is 2.87. The molecular weight excluding hydrogens is 781 g/mol. The summed E-state index contributed by atoms with van der Waals surface area (Å²) in [5.74, 6) is -2.90. The molecule has 54 heavy (non-hydrogen) atoms. The van der Waals surface area contributed by atoms with Crippen LogP contribution >= 0.6 is 15.9 Å². The normalized spacial score (nSPS) is 11.0. The fourth-order valence-corrected chi connectivity index (χ4v) is 5.78. The highest BCUT2D eigenvalue weighted by molar-refractivity contribution is 9.09. The lowest BCUT2D eigenvalue weighted by atomic mass is 10.2. The Morgan fingerprint density at radius 1 is 0.685 bits per heavy atom. The lowest BCUT2D eigenvalue weighted by Gasteiger charge is -2.23. The molecule has 278 valence electrons. The molecule has 8 nitrogen and oxygen atoms in total. The number of alkyl halides is 4. The predicted molar refractivity (Wildman–Crippen MR) is 201 cm³/mol. The summed E-state index contributed by atoms with van der Waals surface area (Å²) in [7, 11) is 0. The number of hydrogen-bond acceptors (Lipinski definition) is 6. The Balaban J connectivity index is 0.000000171. The quantitative estimate of drug-likeness (QED) is 0.112. The van der Waals surface area contributed by atoms with Crippen LogP contribution in [0.25, 0.3) is 43.9 Å². The minimum atomic E-state index is -1.03. The molecule has 0 spiro atoms. The molecule has 0 saturated heterocycles. The Morgan fingerprint density at radius 3 is 2.09 bits per heavy atom. The molecular formula is C38H30BrF7N8. The first-order valence-electron chi connectivity index (χ1n) is 16.4. The van der Waals surface area contributed by atoms with Crippen LogP contribution in [0.4, 0.5) is 53.7 Å². The molecule has 0 radical (unpaired) electrons. The van der Waals surface area contributed by atoms with Gasteiger partial charge in [-0.25, -0.2) is 36.3 Å². The highest BCUT2D eigenvalue weighted by atomic mass is 79.9. The first-order chi connectivity index (χ1) is 26.3. The van der Waals surface area contributed by atoms with E-state index in [2.05, 4.69) is 46.2 Å². The van der Waals surface area contributed by atoms with E-state index >= 15 is 0 Å². The van der Waals surface area contributed by atoms with Crippen LogP contribution < -0.4 is 10.2 Å². The third-order valence-electron chi connectivity index (χ3n) is 8.13. The number of halogens is 8. The molecule has 0 fully saturated rings. The molecule has 0 aliphatic heterocycles. The first-order valence-corrected chi connectivity index (χ1v) is 17.5. The van der Waals surface area contributed by atoms with Crippen molar-refractivity contribution in [1.29, 1.82) is 0 Å². The van der Waals surface area contributed by atoms with E-state index < -0.39 is 36.6 Å². The maximum absolute atomic E-state index is 13.7. The Morgan fingerprint density at radius 2 is 1.39 bits per heavy atom.